The van der Waals surface area contributed by atoms with Crippen molar-refractivity contribution < 1.29 is 13.6 Å². The molecule has 5 heteroatoms. The van der Waals surface area contributed by atoms with E-state index in [2.05, 4.69) is 0 Å². The van der Waals surface area contributed by atoms with Crippen LogP contribution in [-0.2, 0) is 34.1 Å². The summed E-state index contributed by atoms with van der Waals surface area (Å²) in [5, 5.41) is 0. The van der Waals surface area contributed by atoms with Gasteiger partial charge in [-0.3, -0.25) is 9.05 Å². The molecule has 0 aromatic heterocycles. The molecule has 0 fully saturated rings. The van der Waals surface area contributed by atoms with Crippen molar-refractivity contribution in [1.82, 2.24) is 0 Å². The van der Waals surface area contributed by atoms with Gasteiger partial charge in [0, 0.05) is 11.8 Å². The second-order valence-corrected chi connectivity index (χ2v) is 7.10. The quantitative estimate of drug-likeness (QED) is 0.781. The van der Waals surface area contributed by atoms with Gasteiger partial charge < -0.3 is 4.52 Å². The van der Waals surface area contributed by atoms with E-state index in [9.17, 15) is 0 Å². The maximum Gasteiger partial charge on any atom is 0.381 e. The van der Waals surface area contributed by atoms with Gasteiger partial charge in [-0.15, -0.1) is 0 Å². The number of hydrogen-bond donors (Lipinski definition) is 0. The number of benzene rings is 2. The molecule has 3 nitrogen and oxygen atoms in total. The topological polar surface area (TPSA) is 27.7 Å². The van der Waals surface area contributed by atoms with Crippen LogP contribution >= 0.6 is 6.72 Å². The molecule has 0 amide bonds. The summed E-state index contributed by atoms with van der Waals surface area (Å²) in [6, 6.07) is 17.4. The van der Waals surface area contributed by atoms with Crippen molar-refractivity contribution in [2.45, 2.75) is 13.2 Å². The Hall–Kier alpha value is -1.19. The van der Waals surface area contributed by atoms with Crippen LogP contribution < -0.4 is 4.52 Å². The van der Waals surface area contributed by atoms with E-state index in [-0.39, 0.29) is 0 Å². The Kier molecular flexibility index (Phi) is 3.67. The van der Waals surface area contributed by atoms with Gasteiger partial charge in [-0.1, -0.05) is 42.5 Å². The molecule has 0 unspecified atom stereocenters. The first-order valence-corrected chi connectivity index (χ1v) is 8.51. The maximum absolute atomic E-state index is 5.74. The fourth-order valence-corrected chi connectivity index (χ4v) is 3.57. The third-order valence-electron chi connectivity index (χ3n) is 2.84. The number of fused-ring (bicyclic) bond motifs is 1. The second-order valence-electron chi connectivity index (χ2n) is 4.17. The van der Waals surface area contributed by atoms with Crippen LogP contribution in [0.1, 0.15) is 11.1 Å². The fourth-order valence-electron chi connectivity index (χ4n) is 1.84. The summed E-state index contributed by atoms with van der Waals surface area (Å²) in [6.07, 6.45) is 0. The first-order valence-electron chi connectivity index (χ1n) is 5.96. The van der Waals surface area contributed by atoms with E-state index in [1.807, 2.05) is 54.6 Å². The minimum Gasteiger partial charge on any atom is -0.424 e. The Morgan fingerprint density at radius 2 is 1.37 bits per heavy atom. The van der Waals surface area contributed by atoms with Crippen LogP contribution in [0.15, 0.2) is 54.6 Å². The molecule has 0 bridgehead atoms. The molecular weight excluding hydrogens is 279 g/mol. The lowest BCUT2D eigenvalue weighted by Crippen LogP contribution is -1.98. The van der Waals surface area contributed by atoms with Gasteiger partial charge in [0.2, 0.25) is 0 Å². The summed E-state index contributed by atoms with van der Waals surface area (Å²) in [5.41, 5.74) is 2.21. The van der Waals surface area contributed by atoms with Crippen LogP contribution in [-0.4, -0.2) is 0 Å². The van der Waals surface area contributed by atoms with Crippen molar-refractivity contribution in [2.75, 3.05) is 0 Å². The highest BCUT2D eigenvalue weighted by atomic mass is 32.5. The molecule has 3 rings (SSSR count). The first-order chi connectivity index (χ1) is 9.25. The van der Waals surface area contributed by atoms with E-state index in [1.165, 1.54) is 0 Å². The minimum absolute atomic E-state index is 0.431. The molecule has 1 aliphatic heterocycles. The summed E-state index contributed by atoms with van der Waals surface area (Å²) in [4.78, 5) is 0. The molecule has 19 heavy (non-hydrogen) atoms. The molecule has 2 aromatic carbocycles. The highest BCUT2D eigenvalue weighted by molar-refractivity contribution is 8.07. The molecule has 0 saturated heterocycles. The van der Waals surface area contributed by atoms with Gasteiger partial charge in [-0.05, 0) is 23.3 Å². The normalized spacial score (nSPS) is 17.3. The van der Waals surface area contributed by atoms with Crippen molar-refractivity contribution in [3.8, 4) is 5.75 Å². The van der Waals surface area contributed by atoms with Crippen molar-refractivity contribution >= 4 is 18.5 Å². The third kappa shape index (κ3) is 3.04. The Morgan fingerprint density at radius 1 is 0.842 bits per heavy atom. The van der Waals surface area contributed by atoms with Gasteiger partial charge in [0.25, 0.3) is 0 Å². The Bertz CT molecular complexity index is 584. The Balaban J connectivity index is 1.79. The Labute approximate surface area is 117 Å². The lowest BCUT2D eigenvalue weighted by molar-refractivity contribution is 0.204. The zero-order valence-electron chi connectivity index (χ0n) is 10.2. The van der Waals surface area contributed by atoms with E-state index < -0.39 is 6.72 Å². The van der Waals surface area contributed by atoms with Gasteiger partial charge >= 0.3 is 6.72 Å². The van der Waals surface area contributed by atoms with Gasteiger partial charge in [0.15, 0.2) is 0 Å². The predicted molar refractivity (Wildman–Crippen MR) is 77.4 cm³/mol. The smallest absolute Gasteiger partial charge is 0.381 e. The zero-order valence-corrected chi connectivity index (χ0v) is 11.9. The molecule has 0 aliphatic carbocycles. The largest absolute Gasteiger partial charge is 0.424 e. The number of rotatable bonds is 2. The molecule has 0 atom stereocenters. The van der Waals surface area contributed by atoms with Crippen molar-refractivity contribution in [3.63, 3.8) is 0 Å². The zero-order chi connectivity index (χ0) is 13.1. The minimum atomic E-state index is -2.73. The second kappa shape index (κ2) is 5.43. The highest BCUT2D eigenvalue weighted by Gasteiger charge is 2.26. The van der Waals surface area contributed by atoms with Gasteiger partial charge in [-0.25, -0.2) is 0 Å². The summed E-state index contributed by atoms with van der Waals surface area (Å²) >= 11 is 5.41. The molecule has 98 valence electrons. The average Bonchev–Trinajstić information content (AvgIpc) is 2.61. The maximum atomic E-state index is 5.74. The molecular formula is C14H13O3PS. The molecule has 0 spiro atoms. The van der Waals surface area contributed by atoms with Gasteiger partial charge in [-0.2, -0.15) is 0 Å². The molecule has 0 N–H and O–H groups in total. The third-order valence-corrected chi connectivity index (χ3v) is 5.02. The summed E-state index contributed by atoms with van der Waals surface area (Å²) in [6.45, 7) is -1.87. The van der Waals surface area contributed by atoms with Gasteiger partial charge in [0.05, 0.1) is 13.2 Å². The van der Waals surface area contributed by atoms with Crippen LogP contribution in [0.5, 0.6) is 5.75 Å². The lowest BCUT2D eigenvalue weighted by Gasteiger charge is -2.19. The highest BCUT2D eigenvalue weighted by Crippen LogP contribution is 2.52. The van der Waals surface area contributed by atoms with Crippen molar-refractivity contribution in [3.05, 3.63) is 65.7 Å². The van der Waals surface area contributed by atoms with Crippen LogP contribution in [0.25, 0.3) is 0 Å². The van der Waals surface area contributed by atoms with Gasteiger partial charge in [0.1, 0.15) is 5.75 Å². The SMILES string of the molecule is S=P1(Oc2ccccc2)OCc2ccccc2CO1. The van der Waals surface area contributed by atoms with E-state index in [0.29, 0.717) is 19.0 Å². The Morgan fingerprint density at radius 3 is 1.95 bits per heavy atom. The van der Waals surface area contributed by atoms with E-state index in [0.717, 1.165) is 11.1 Å². The standard InChI is InChI=1S/C14H13O3PS/c19-18(17-14-8-2-1-3-9-14)15-10-12-6-4-5-7-13(12)11-16-18/h1-9H,10-11H2. The van der Waals surface area contributed by atoms with E-state index in [4.69, 9.17) is 25.4 Å². The predicted octanol–water partition coefficient (Wildman–Crippen LogP) is 4.04. The van der Waals surface area contributed by atoms with E-state index in [1.54, 1.807) is 0 Å². The number of hydrogen-bond acceptors (Lipinski definition) is 4. The van der Waals surface area contributed by atoms with Crippen LogP contribution in [0, 0.1) is 0 Å². The molecule has 0 saturated carbocycles. The average molecular weight is 292 g/mol. The van der Waals surface area contributed by atoms with Crippen LogP contribution in [0.3, 0.4) is 0 Å². The summed E-state index contributed by atoms with van der Waals surface area (Å²) in [5.74, 6) is 0.678. The van der Waals surface area contributed by atoms with Crippen molar-refractivity contribution in [1.29, 1.82) is 0 Å². The van der Waals surface area contributed by atoms with E-state index >= 15 is 0 Å². The summed E-state index contributed by atoms with van der Waals surface area (Å²) < 4.78 is 17.1. The van der Waals surface area contributed by atoms with Crippen molar-refractivity contribution in [2.24, 2.45) is 0 Å². The lowest BCUT2D eigenvalue weighted by atomic mass is 10.1. The molecule has 2 aromatic rings. The monoisotopic (exact) mass is 292 g/mol. The van der Waals surface area contributed by atoms with Crippen LogP contribution in [0.2, 0.25) is 0 Å². The summed E-state index contributed by atoms with van der Waals surface area (Å²) in [7, 11) is 0. The molecule has 1 aliphatic rings. The first kappa shape index (κ1) is 12.8. The molecule has 1 heterocycles. The number of para-hydroxylation sites is 1. The van der Waals surface area contributed by atoms with Crippen LogP contribution in [0.4, 0.5) is 0 Å². The fraction of sp³-hybridized carbons (Fsp3) is 0.143. The molecule has 0 radical (unpaired) electrons.